The van der Waals surface area contributed by atoms with Gasteiger partial charge in [0, 0.05) is 43.1 Å². The summed E-state index contributed by atoms with van der Waals surface area (Å²) in [6.07, 6.45) is 2.10. The number of hydrogen-bond acceptors (Lipinski definition) is 15. The third-order valence-corrected chi connectivity index (χ3v) is 15.2. The van der Waals surface area contributed by atoms with Gasteiger partial charge in [-0.3, -0.25) is 19.4 Å². The lowest BCUT2D eigenvalue weighted by molar-refractivity contribution is -0.125. The Morgan fingerprint density at radius 2 is 1.48 bits per heavy atom. The molecule has 0 aliphatic heterocycles. The highest BCUT2D eigenvalue weighted by atomic mass is 32.1. The molecular weight excluding hydrogens is 1050 g/mol. The zero-order chi connectivity index (χ0) is 57.2. The van der Waals surface area contributed by atoms with Gasteiger partial charge in [0.1, 0.15) is 12.6 Å². The molecular formula is C59H73N7O11S2. The van der Waals surface area contributed by atoms with E-state index in [4.69, 9.17) is 23.7 Å². The first-order valence-corrected chi connectivity index (χ1v) is 27.8. The lowest BCUT2D eigenvalue weighted by Gasteiger charge is -2.30. The first-order valence-electron chi connectivity index (χ1n) is 26.1. The van der Waals surface area contributed by atoms with Crippen molar-refractivity contribution in [3.8, 4) is 34.1 Å². The summed E-state index contributed by atoms with van der Waals surface area (Å²) in [4.78, 5) is 75.5. The predicted molar refractivity (Wildman–Crippen MR) is 306 cm³/mol. The van der Waals surface area contributed by atoms with Crippen molar-refractivity contribution in [1.29, 1.82) is 0 Å². The van der Waals surface area contributed by atoms with E-state index in [-0.39, 0.29) is 54.0 Å². The molecule has 5 amide bonds. The molecule has 0 fully saturated rings. The van der Waals surface area contributed by atoms with Crippen molar-refractivity contribution in [3.63, 3.8) is 0 Å². The highest BCUT2D eigenvalue weighted by molar-refractivity contribution is 7.09. The van der Waals surface area contributed by atoms with E-state index in [1.165, 1.54) is 36.3 Å². The molecule has 0 bridgehead atoms. The highest BCUT2D eigenvalue weighted by Gasteiger charge is 2.32. The molecule has 0 spiro atoms. The minimum atomic E-state index is -1.05. The number of amides is 5. The van der Waals surface area contributed by atoms with Crippen molar-refractivity contribution in [2.45, 2.75) is 116 Å². The number of hydrogen-bond donors (Lipinski definition) is 5. The molecule has 6 aromatic rings. The van der Waals surface area contributed by atoms with E-state index in [1.54, 1.807) is 57.5 Å². The van der Waals surface area contributed by atoms with Crippen LogP contribution >= 0.6 is 22.7 Å². The fourth-order valence-corrected chi connectivity index (χ4v) is 10.6. The number of rotatable bonds is 22. The quantitative estimate of drug-likeness (QED) is 0.0429. The van der Waals surface area contributed by atoms with Gasteiger partial charge >= 0.3 is 12.1 Å². The molecule has 20 heteroatoms. The van der Waals surface area contributed by atoms with E-state index in [1.807, 2.05) is 92.0 Å². The van der Waals surface area contributed by atoms with Gasteiger partial charge in [0.2, 0.25) is 23.0 Å². The summed E-state index contributed by atoms with van der Waals surface area (Å²) in [6.45, 7) is 9.75. The van der Waals surface area contributed by atoms with Gasteiger partial charge in [0.25, 0.3) is 0 Å². The topological polar surface area (TPSA) is 229 Å². The zero-order valence-electron chi connectivity index (χ0n) is 46.5. The summed E-state index contributed by atoms with van der Waals surface area (Å²) >= 11 is 2.95. The number of carbonyl (C=O) groups excluding carboxylic acids is 4. The number of methoxy groups -OCH3 is 4. The predicted octanol–water partition coefficient (Wildman–Crippen LogP) is 8.78. The fraction of sp³-hybridized carbons (Fsp3) is 0.407. The van der Waals surface area contributed by atoms with Crippen LogP contribution < -0.4 is 45.6 Å². The van der Waals surface area contributed by atoms with Crippen LogP contribution in [0.4, 0.5) is 9.59 Å². The first kappa shape index (κ1) is 60.7. The van der Waals surface area contributed by atoms with Crippen molar-refractivity contribution >= 4 is 46.6 Å². The van der Waals surface area contributed by atoms with E-state index < -0.39 is 30.3 Å². The third kappa shape index (κ3) is 17.0. The zero-order valence-corrected chi connectivity index (χ0v) is 48.1. The number of ether oxygens (including phenoxy) is 5. The summed E-state index contributed by atoms with van der Waals surface area (Å²) in [5, 5.41) is 26.5. The monoisotopic (exact) mass is 1120 g/mol. The molecule has 1 aliphatic carbocycles. The van der Waals surface area contributed by atoms with Crippen LogP contribution in [0.1, 0.15) is 97.3 Å². The Kier molecular flexibility index (Phi) is 22.6. The Morgan fingerprint density at radius 1 is 0.810 bits per heavy atom. The normalized spacial score (nSPS) is 14.1. The van der Waals surface area contributed by atoms with Crippen molar-refractivity contribution < 1.29 is 48.0 Å². The molecule has 5 atom stereocenters. The molecule has 0 saturated carbocycles. The second kappa shape index (κ2) is 29.4. The standard InChI is InChI=1S/C37H48N6O5S2.C22H25NO6/c1-24(2)33(42-36(46)43(5)20-29-22-49-35(40-29)25(3)4)34(45)39-28(16-26-12-8-6-9-13-26)18-32(44)31(17-27-14-10-7-11-15-27)41-37(47)48-21-30-19-38-23-50-30;1-12(24)23-16-8-6-13-10-19(27-3)21(28-4)22(29-5)20(13)14-7-9-18(26-2)17(25)11-15(14)16/h6-15,19,22-25,28,31-33,44H,16-18,20-21H2,1-5H3,(H,39,45)(H,41,47)(H,42,46);7,9-11,16H,6,8H2,1-5H3,(H,23,24)/t28-,31-,32-,33-;16-/m00/s1. The minimum Gasteiger partial charge on any atom is -0.493 e. The summed E-state index contributed by atoms with van der Waals surface area (Å²) in [5.74, 6) is 1.33. The molecule has 422 valence electrons. The number of urea groups is 1. The Labute approximate surface area is 470 Å². The molecule has 1 aliphatic rings. The van der Waals surface area contributed by atoms with Crippen LogP contribution in [0.15, 0.2) is 107 Å². The SMILES string of the molecule is CC(C)c1nc(CN(C)C(=O)N[C@H](C(=O)N[C@@H](Cc2ccccc2)C[C@H](O)[C@H](Cc2ccccc2)NC(=O)OCc2cncs2)C(C)C)cs1.COc1cc2c(c(OC)c1OC)-c1ccc(OC)c(=O)cc1[C@@H](NC(C)=O)CC2. The van der Waals surface area contributed by atoms with Gasteiger partial charge in [-0.05, 0) is 84.0 Å². The van der Waals surface area contributed by atoms with Gasteiger partial charge < -0.3 is 55.0 Å². The Hall–Kier alpha value is -7.55. The summed E-state index contributed by atoms with van der Waals surface area (Å²) < 4.78 is 27.4. The van der Waals surface area contributed by atoms with Gasteiger partial charge in [-0.15, -0.1) is 22.7 Å². The van der Waals surface area contributed by atoms with E-state index >= 15 is 0 Å². The largest absolute Gasteiger partial charge is 0.493 e. The van der Waals surface area contributed by atoms with Gasteiger partial charge in [-0.25, -0.2) is 14.6 Å². The summed E-state index contributed by atoms with van der Waals surface area (Å²) in [7, 11) is 7.82. The maximum atomic E-state index is 13.9. The number of fused-ring (bicyclic) bond motifs is 3. The van der Waals surface area contributed by atoms with E-state index in [0.29, 0.717) is 61.0 Å². The number of nitrogens with one attached hydrogen (secondary N) is 4. The van der Waals surface area contributed by atoms with Gasteiger partial charge in [0.05, 0.1) is 74.3 Å². The van der Waals surface area contributed by atoms with E-state index in [9.17, 15) is 29.1 Å². The van der Waals surface area contributed by atoms with Crippen LogP contribution in [0, 0.1) is 5.92 Å². The number of alkyl carbamates (subject to hydrolysis) is 1. The molecule has 4 aromatic carbocycles. The first-order chi connectivity index (χ1) is 37.9. The van der Waals surface area contributed by atoms with Crippen LogP contribution in [0.2, 0.25) is 0 Å². The van der Waals surface area contributed by atoms with Crippen LogP contribution in [-0.2, 0) is 46.7 Å². The molecule has 0 unspecified atom stereocenters. The number of thiazole rings is 2. The number of aromatic nitrogens is 2. The average Bonchev–Trinajstić information content (AvgIpc) is 4.18. The number of aliphatic hydroxyl groups excluding tert-OH is 1. The van der Waals surface area contributed by atoms with Crippen LogP contribution in [0.25, 0.3) is 11.1 Å². The summed E-state index contributed by atoms with van der Waals surface area (Å²) in [6, 6.07) is 23.4. The van der Waals surface area contributed by atoms with E-state index in [0.717, 1.165) is 43.4 Å². The number of benzene rings is 3. The maximum absolute atomic E-state index is 13.9. The fourth-order valence-electron chi connectivity index (χ4n) is 9.25. The molecule has 2 heterocycles. The molecule has 7 rings (SSSR count). The van der Waals surface area contributed by atoms with Crippen molar-refractivity contribution in [2.24, 2.45) is 5.92 Å². The second-order valence-corrected chi connectivity index (χ2v) is 21.7. The van der Waals surface area contributed by atoms with Crippen molar-refractivity contribution in [2.75, 3.05) is 35.5 Å². The maximum Gasteiger partial charge on any atom is 0.407 e. The molecule has 0 radical (unpaired) electrons. The molecule has 0 saturated heterocycles. The molecule has 5 N–H and O–H groups in total. The highest BCUT2D eigenvalue weighted by Crippen LogP contribution is 2.50. The number of aliphatic hydroxyl groups is 1. The Bertz CT molecular complexity index is 3010. The number of aryl methyl sites for hydroxylation is 1. The lowest BCUT2D eigenvalue weighted by atomic mass is 9.93. The minimum absolute atomic E-state index is 0.0671. The second-order valence-electron chi connectivity index (χ2n) is 19.8. The van der Waals surface area contributed by atoms with E-state index in [2.05, 4.69) is 45.1 Å². The Balaban J connectivity index is 0.000000294. The Morgan fingerprint density at radius 3 is 2.06 bits per heavy atom. The van der Waals surface area contributed by atoms with Crippen molar-refractivity contribution in [1.82, 2.24) is 36.1 Å². The van der Waals surface area contributed by atoms with Gasteiger partial charge in [0.15, 0.2) is 17.2 Å². The van der Waals surface area contributed by atoms with Gasteiger partial charge in [-0.1, -0.05) is 94.4 Å². The molecule has 79 heavy (non-hydrogen) atoms. The van der Waals surface area contributed by atoms with Crippen molar-refractivity contribution in [3.05, 3.63) is 150 Å². The summed E-state index contributed by atoms with van der Waals surface area (Å²) in [5.41, 5.74) is 7.36. The smallest absolute Gasteiger partial charge is 0.407 e. The number of nitrogens with zero attached hydrogens (tertiary/aromatic N) is 3. The van der Waals surface area contributed by atoms with Crippen LogP contribution in [0.5, 0.6) is 23.0 Å². The van der Waals surface area contributed by atoms with Gasteiger partial charge in [-0.2, -0.15) is 0 Å². The van der Waals surface area contributed by atoms with Crippen LogP contribution in [-0.4, -0.2) is 104 Å². The van der Waals surface area contributed by atoms with Crippen LogP contribution in [0.3, 0.4) is 0 Å². The lowest BCUT2D eigenvalue weighted by Crippen LogP contribution is -2.55. The average molecular weight is 1120 g/mol. The molecule has 2 aromatic heterocycles. The molecule has 18 nitrogen and oxygen atoms in total. The number of carbonyl (C=O) groups is 4. The third-order valence-electron chi connectivity index (χ3n) is 13.2.